The average molecular weight is 212 g/mol. The summed E-state index contributed by atoms with van der Waals surface area (Å²) < 4.78 is 1.73. The van der Waals surface area contributed by atoms with Crippen LogP contribution >= 0.6 is 0 Å². The Kier molecular flexibility index (Phi) is 7.23. The van der Waals surface area contributed by atoms with E-state index in [-0.39, 0.29) is 5.91 Å². The standard InChI is InChI=1S/C8H14N4O.C2H6/c1-3-8(13)9-5-7-6-12(4-2)11-10-7;1-2/h6H,3-5H2,1-2H3,(H,9,13);1-2H3. The number of carbonyl (C=O) groups is 1. The van der Waals surface area contributed by atoms with E-state index in [4.69, 9.17) is 0 Å². The average Bonchev–Trinajstić information content (AvgIpc) is 2.76. The van der Waals surface area contributed by atoms with Crippen LogP contribution in [0.5, 0.6) is 0 Å². The molecular weight excluding hydrogens is 192 g/mol. The van der Waals surface area contributed by atoms with Crippen LogP contribution in [0.3, 0.4) is 0 Å². The second kappa shape index (κ2) is 7.96. The molecule has 5 heteroatoms. The normalized spacial score (nSPS) is 9.07. The molecule has 1 aromatic heterocycles. The Hall–Kier alpha value is -1.39. The van der Waals surface area contributed by atoms with Crippen molar-refractivity contribution in [3.63, 3.8) is 0 Å². The summed E-state index contributed by atoms with van der Waals surface area (Å²) in [5.74, 6) is 0.0334. The van der Waals surface area contributed by atoms with Gasteiger partial charge in [-0.3, -0.25) is 9.48 Å². The predicted octanol–water partition coefficient (Wildman–Crippen LogP) is 1.35. The number of nitrogens with zero attached hydrogens (tertiary/aromatic N) is 3. The van der Waals surface area contributed by atoms with Gasteiger partial charge in [0.05, 0.1) is 12.7 Å². The number of hydrogen-bond acceptors (Lipinski definition) is 3. The lowest BCUT2D eigenvalue weighted by Crippen LogP contribution is -2.21. The van der Waals surface area contributed by atoms with Crippen molar-refractivity contribution in [1.29, 1.82) is 0 Å². The van der Waals surface area contributed by atoms with E-state index >= 15 is 0 Å². The Morgan fingerprint density at radius 2 is 2.13 bits per heavy atom. The molecule has 0 unspecified atom stereocenters. The first kappa shape index (κ1) is 13.6. The van der Waals surface area contributed by atoms with E-state index in [9.17, 15) is 4.79 Å². The Bertz CT molecular complexity index is 283. The summed E-state index contributed by atoms with van der Waals surface area (Å²) in [5, 5.41) is 10.5. The van der Waals surface area contributed by atoms with Gasteiger partial charge in [0, 0.05) is 13.0 Å². The minimum absolute atomic E-state index is 0.0334. The number of hydrogen-bond donors (Lipinski definition) is 1. The van der Waals surface area contributed by atoms with Crippen LogP contribution in [0.15, 0.2) is 6.20 Å². The van der Waals surface area contributed by atoms with Gasteiger partial charge in [-0.15, -0.1) is 5.10 Å². The molecule has 0 spiro atoms. The Morgan fingerprint density at radius 1 is 1.47 bits per heavy atom. The fraction of sp³-hybridized carbons (Fsp3) is 0.700. The maximum absolute atomic E-state index is 10.9. The number of aryl methyl sites for hydroxylation is 1. The molecule has 1 N–H and O–H groups in total. The molecule has 1 amide bonds. The van der Waals surface area contributed by atoms with Gasteiger partial charge in [-0.1, -0.05) is 26.0 Å². The third-order valence-electron chi connectivity index (χ3n) is 1.70. The van der Waals surface area contributed by atoms with Crippen molar-refractivity contribution >= 4 is 5.91 Å². The van der Waals surface area contributed by atoms with E-state index in [0.717, 1.165) is 12.2 Å². The van der Waals surface area contributed by atoms with Gasteiger partial charge in [-0.05, 0) is 6.92 Å². The van der Waals surface area contributed by atoms with Gasteiger partial charge in [0.15, 0.2) is 0 Å². The molecule has 1 aromatic rings. The van der Waals surface area contributed by atoms with Crippen LogP contribution < -0.4 is 5.32 Å². The first-order chi connectivity index (χ1) is 7.26. The van der Waals surface area contributed by atoms with Gasteiger partial charge in [0.25, 0.3) is 0 Å². The second-order valence-electron chi connectivity index (χ2n) is 2.70. The largest absolute Gasteiger partial charge is 0.350 e. The molecule has 0 saturated carbocycles. The lowest BCUT2D eigenvalue weighted by Gasteiger charge is -1.98. The monoisotopic (exact) mass is 212 g/mol. The van der Waals surface area contributed by atoms with Gasteiger partial charge in [0.2, 0.25) is 5.91 Å². The minimum atomic E-state index is 0.0334. The highest BCUT2D eigenvalue weighted by molar-refractivity contribution is 5.75. The van der Waals surface area contributed by atoms with Crippen LogP contribution in [-0.4, -0.2) is 20.9 Å². The van der Waals surface area contributed by atoms with Gasteiger partial charge >= 0.3 is 0 Å². The lowest BCUT2D eigenvalue weighted by molar-refractivity contribution is -0.120. The van der Waals surface area contributed by atoms with Crippen molar-refractivity contribution in [2.45, 2.75) is 47.2 Å². The number of nitrogens with one attached hydrogen (secondary N) is 1. The molecule has 15 heavy (non-hydrogen) atoms. The Balaban J connectivity index is 0.000000921. The predicted molar refractivity (Wildman–Crippen MR) is 59.2 cm³/mol. The molecule has 1 rings (SSSR count). The van der Waals surface area contributed by atoms with E-state index in [1.807, 2.05) is 33.9 Å². The Labute approximate surface area is 90.9 Å². The first-order valence-corrected chi connectivity index (χ1v) is 5.42. The number of amides is 1. The zero-order valence-electron chi connectivity index (χ0n) is 9.95. The molecule has 0 atom stereocenters. The third kappa shape index (κ3) is 5.15. The summed E-state index contributed by atoms with van der Waals surface area (Å²) in [7, 11) is 0. The molecular formula is C10H20N4O. The first-order valence-electron chi connectivity index (χ1n) is 5.42. The van der Waals surface area contributed by atoms with Crippen LogP contribution in [0.1, 0.15) is 39.8 Å². The number of carbonyl (C=O) groups excluding carboxylic acids is 1. The third-order valence-corrected chi connectivity index (χ3v) is 1.70. The topological polar surface area (TPSA) is 59.8 Å². The molecule has 86 valence electrons. The fourth-order valence-electron chi connectivity index (χ4n) is 0.888. The molecule has 0 fully saturated rings. The lowest BCUT2D eigenvalue weighted by atomic mass is 10.4. The van der Waals surface area contributed by atoms with E-state index in [1.54, 1.807) is 4.68 Å². The highest BCUT2D eigenvalue weighted by Gasteiger charge is 2.00. The van der Waals surface area contributed by atoms with E-state index in [2.05, 4.69) is 15.6 Å². The fourth-order valence-corrected chi connectivity index (χ4v) is 0.888. The maximum Gasteiger partial charge on any atom is 0.220 e. The molecule has 0 aliphatic carbocycles. The highest BCUT2D eigenvalue weighted by atomic mass is 16.1. The van der Waals surface area contributed by atoms with Crippen molar-refractivity contribution in [1.82, 2.24) is 20.3 Å². The van der Waals surface area contributed by atoms with Crippen LogP contribution in [0.25, 0.3) is 0 Å². The molecule has 0 aromatic carbocycles. The molecule has 0 saturated heterocycles. The van der Waals surface area contributed by atoms with Crippen molar-refractivity contribution < 1.29 is 4.79 Å². The van der Waals surface area contributed by atoms with Gasteiger partial charge in [-0.2, -0.15) is 0 Å². The van der Waals surface area contributed by atoms with E-state index in [1.165, 1.54) is 0 Å². The van der Waals surface area contributed by atoms with Gasteiger partial charge in [0.1, 0.15) is 5.69 Å². The smallest absolute Gasteiger partial charge is 0.220 e. The molecule has 0 radical (unpaired) electrons. The molecule has 0 aliphatic heterocycles. The summed E-state index contributed by atoms with van der Waals surface area (Å²) in [4.78, 5) is 10.9. The summed E-state index contributed by atoms with van der Waals surface area (Å²) in [6.45, 7) is 9.07. The number of rotatable bonds is 4. The van der Waals surface area contributed by atoms with Crippen molar-refractivity contribution in [2.75, 3.05) is 0 Å². The van der Waals surface area contributed by atoms with Crippen LogP contribution in [0, 0.1) is 0 Å². The summed E-state index contributed by atoms with van der Waals surface area (Å²) in [6, 6.07) is 0. The van der Waals surface area contributed by atoms with E-state index < -0.39 is 0 Å². The summed E-state index contributed by atoms with van der Waals surface area (Å²) in [6.07, 6.45) is 2.33. The minimum Gasteiger partial charge on any atom is -0.350 e. The van der Waals surface area contributed by atoms with Crippen molar-refractivity contribution in [3.05, 3.63) is 11.9 Å². The second-order valence-corrected chi connectivity index (χ2v) is 2.70. The van der Waals surface area contributed by atoms with Gasteiger partial charge < -0.3 is 5.32 Å². The summed E-state index contributed by atoms with van der Waals surface area (Å²) in [5.41, 5.74) is 0.795. The molecule has 1 heterocycles. The quantitative estimate of drug-likeness (QED) is 0.819. The van der Waals surface area contributed by atoms with E-state index in [0.29, 0.717) is 13.0 Å². The highest BCUT2D eigenvalue weighted by Crippen LogP contribution is 1.92. The molecule has 5 nitrogen and oxygen atoms in total. The number of aromatic nitrogens is 3. The molecule has 0 aliphatic rings. The van der Waals surface area contributed by atoms with Crippen LogP contribution in [0.2, 0.25) is 0 Å². The summed E-state index contributed by atoms with van der Waals surface area (Å²) >= 11 is 0. The SMILES string of the molecule is CC.CCC(=O)NCc1cn(CC)nn1. The van der Waals surface area contributed by atoms with Crippen LogP contribution in [0.4, 0.5) is 0 Å². The van der Waals surface area contributed by atoms with Crippen molar-refractivity contribution in [2.24, 2.45) is 0 Å². The Morgan fingerprint density at radius 3 is 2.60 bits per heavy atom. The van der Waals surface area contributed by atoms with Gasteiger partial charge in [-0.25, -0.2) is 0 Å². The zero-order valence-corrected chi connectivity index (χ0v) is 9.95. The maximum atomic E-state index is 10.9. The van der Waals surface area contributed by atoms with Crippen molar-refractivity contribution in [3.8, 4) is 0 Å². The molecule has 0 bridgehead atoms. The van der Waals surface area contributed by atoms with Crippen LogP contribution in [-0.2, 0) is 17.9 Å². The zero-order chi connectivity index (χ0) is 11.7.